The Balaban J connectivity index is 2.20. The minimum absolute atomic E-state index is 0.0275. The molecular formula is C21H22O2S. The van der Waals surface area contributed by atoms with Crippen LogP contribution in [0, 0.1) is 0 Å². The van der Waals surface area contributed by atoms with Crippen LogP contribution < -0.4 is 0 Å². The molecule has 0 spiro atoms. The Morgan fingerprint density at radius 1 is 1.12 bits per heavy atom. The summed E-state index contributed by atoms with van der Waals surface area (Å²) in [6.07, 6.45) is 1.37. The van der Waals surface area contributed by atoms with Crippen LogP contribution in [0.5, 0.6) is 0 Å². The lowest BCUT2D eigenvalue weighted by Crippen LogP contribution is -2.16. The van der Waals surface area contributed by atoms with Crippen LogP contribution in [-0.2, 0) is 15.0 Å². The third kappa shape index (κ3) is 2.89. The molecule has 3 rings (SSSR count). The molecule has 0 radical (unpaired) electrons. The summed E-state index contributed by atoms with van der Waals surface area (Å²) in [7, 11) is 0. The van der Waals surface area contributed by atoms with Crippen molar-refractivity contribution in [3.05, 3.63) is 71.3 Å². The molecule has 3 heteroatoms. The molecule has 1 unspecified atom stereocenters. The molecule has 124 valence electrons. The molecule has 0 bridgehead atoms. The predicted octanol–water partition coefficient (Wildman–Crippen LogP) is 5.47. The number of aliphatic carboxylic acids is 1. The minimum Gasteiger partial charge on any atom is -0.478 e. The Morgan fingerprint density at radius 3 is 2.38 bits per heavy atom. The second kappa shape index (κ2) is 5.82. The molecule has 1 atom stereocenters. The van der Waals surface area contributed by atoms with Gasteiger partial charge in [0.1, 0.15) is 0 Å². The van der Waals surface area contributed by atoms with Crippen LogP contribution in [0.3, 0.4) is 0 Å². The molecule has 0 fully saturated rings. The first-order valence-corrected chi connectivity index (χ1v) is 8.88. The van der Waals surface area contributed by atoms with Gasteiger partial charge in [-0.05, 0) is 46.7 Å². The Kier molecular flexibility index (Phi) is 4.08. The van der Waals surface area contributed by atoms with E-state index >= 15 is 0 Å². The second-order valence-electron chi connectivity index (χ2n) is 7.36. The SMILES string of the molecule is CC(C)(C)c1ccc2c(c1)/C(=C/C(=O)O)C(C)(c1ccccc1)S2. The highest BCUT2D eigenvalue weighted by Crippen LogP contribution is 2.58. The third-order valence-electron chi connectivity index (χ3n) is 4.56. The Bertz CT molecular complexity index is 815. The highest BCUT2D eigenvalue weighted by Gasteiger charge is 2.41. The highest BCUT2D eigenvalue weighted by atomic mass is 32.2. The van der Waals surface area contributed by atoms with Gasteiger partial charge in [0.15, 0.2) is 0 Å². The number of carboxylic acids is 1. The zero-order valence-electron chi connectivity index (χ0n) is 14.5. The van der Waals surface area contributed by atoms with Crippen LogP contribution in [0.2, 0.25) is 0 Å². The van der Waals surface area contributed by atoms with Gasteiger partial charge in [0.2, 0.25) is 0 Å². The summed E-state index contributed by atoms with van der Waals surface area (Å²) < 4.78 is -0.390. The molecule has 0 aliphatic carbocycles. The van der Waals surface area contributed by atoms with Gasteiger partial charge in [-0.2, -0.15) is 0 Å². The fourth-order valence-corrected chi connectivity index (χ4v) is 4.52. The van der Waals surface area contributed by atoms with Gasteiger partial charge >= 0.3 is 5.97 Å². The number of hydrogen-bond acceptors (Lipinski definition) is 2. The largest absolute Gasteiger partial charge is 0.478 e. The average molecular weight is 338 g/mol. The normalized spacial score (nSPS) is 21.8. The summed E-state index contributed by atoms with van der Waals surface area (Å²) in [6, 6.07) is 16.6. The van der Waals surface area contributed by atoms with Gasteiger partial charge in [0.25, 0.3) is 0 Å². The number of carbonyl (C=O) groups is 1. The number of fused-ring (bicyclic) bond motifs is 1. The molecule has 1 N–H and O–H groups in total. The standard InChI is InChI=1S/C21H22O2S/c1-20(2,3)15-10-11-18-16(12-15)17(13-19(22)23)21(4,24-18)14-8-6-5-7-9-14/h5-13H,1-4H3,(H,22,23)/b17-13-. The van der Waals surface area contributed by atoms with E-state index in [1.165, 1.54) is 11.6 Å². The molecule has 24 heavy (non-hydrogen) atoms. The van der Waals surface area contributed by atoms with Crippen molar-refractivity contribution in [2.75, 3.05) is 0 Å². The fraction of sp³-hybridized carbons (Fsp3) is 0.286. The van der Waals surface area contributed by atoms with Gasteiger partial charge in [-0.1, -0.05) is 57.2 Å². The molecule has 0 saturated carbocycles. The van der Waals surface area contributed by atoms with Crippen molar-refractivity contribution in [1.82, 2.24) is 0 Å². The van der Waals surface area contributed by atoms with Crippen LogP contribution in [0.1, 0.15) is 44.4 Å². The molecule has 2 aromatic carbocycles. The maximum absolute atomic E-state index is 11.5. The minimum atomic E-state index is -0.901. The number of carboxylic acid groups (broad SMARTS) is 1. The molecule has 1 aliphatic heterocycles. The maximum atomic E-state index is 11.5. The van der Waals surface area contributed by atoms with Crippen molar-refractivity contribution in [2.45, 2.75) is 42.8 Å². The molecule has 1 aliphatic rings. The number of thioether (sulfide) groups is 1. The van der Waals surface area contributed by atoms with E-state index in [-0.39, 0.29) is 5.41 Å². The Labute approximate surface area is 147 Å². The molecule has 2 aromatic rings. The summed E-state index contributed by atoms with van der Waals surface area (Å²) >= 11 is 1.73. The molecule has 0 saturated heterocycles. The summed E-state index contributed by atoms with van der Waals surface area (Å²) in [5.74, 6) is -0.901. The fourth-order valence-electron chi connectivity index (χ4n) is 3.14. The number of rotatable bonds is 2. The van der Waals surface area contributed by atoms with Crippen molar-refractivity contribution in [3.63, 3.8) is 0 Å². The first-order chi connectivity index (χ1) is 11.2. The van der Waals surface area contributed by atoms with Gasteiger partial charge in [-0.3, -0.25) is 0 Å². The number of hydrogen-bond donors (Lipinski definition) is 1. The summed E-state index contributed by atoms with van der Waals surface area (Å²) in [4.78, 5) is 12.6. The van der Waals surface area contributed by atoms with E-state index in [0.29, 0.717) is 0 Å². The highest BCUT2D eigenvalue weighted by molar-refractivity contribution is 8.01. The Morgan fingerprint density at radius 2 is 1.79 bits per heavy atom. The number of benzene rings is 2. The van der Waals surface area contributed by atoms with Crippen molar-refractivity contribution >= 4 is 23.3 Å². The lowest BCUT2D eigenvalue weighted by atomic mass is 9.82. The molecule has 0 amide bonds. The van der Waals surface area contributed by atoms with Crippen LogP contribution >= 0.6 is 11.8 Å². The summed E-state index contributed by atoms with van der Waals surface area (Å²) in [6.45, 7) is 8.63. The van der Waals surface area contributed by atoms with E-state index < -0.39 is 10.7 Å². The van der Waals surface area contributed by atoms with Crippen LogP contribution in [-0.4, -0.2) is 11.1 Å². The molecular weight excluding hydrogens is 316 g/mol. The first kappa shape index (κ1) is 16.8. The van der Waals surface area contributed by atoms with Gasteiger partial charge in [-0.15, -0.1) is 11.8 Å². The van der Waals surface area contributed by atoms with E-state index in [1.54, 1.807) is 11.8 Å². The van der Waals surface area contributed by atoms with Crippen LogP contribution in [0.15, 0.2) is 59.5 Å². The average Bonchev–Trinajstić information content (AvgIpc) is 2.80. The molecule has 0 aromatic heterocycles. The predicted molar refractivity (Wildman–Crippen MR) is 100 cm³/mol. The van der Waals surface area contributed by atoms with Gasteiger partial charge in [-0.25, -0.2) is 4.79 Å². The third-order valence-corrected chi connectivity index (χ3v) is 6.00. The van der Waals surface area contributed by atoms with Crippen molar-refractivity contribution in [2.24, 2.45) is 0 Å². The van der Waals surface area contributed by atoms with Crippen molar-refractivity contribution < 1.29 is 9.90 Å². The zero-order chi connectivity index (χ0) is 17.5. The monoisotopic (exact) mass is 338 g/mol. The van der Waals surface area contributed by atoms with E-state index in [1.807, 2.05) is 18.2 Å². The summed E-state index contributed by atoms with van der Waals surface area (Å²) in [5.41, 5.74) is 4.28. The molecule has 1 heterocycles. The van der Waals surface area contributed by atoms with Gasteiger partial charge < -0.3 is 5.11 Å². The second-order valence-corrected chi connectivity index (χ2v) is 8.82. The lowest BCUT2D eigenvalue weighted by molar-refractivity contribution is -0.131. The van der Waals surface area contributed by atoms with Gasteiger partial charge in [0, 0.05) is 11.0 Å². The topological polar surface area (TPSA) is 37.3 Å². The summed E-state index contributed by atoms with van der Waals surface area (Å²) in [5, 5.41) is 9.42. The zero-order valence-corrected chi connectivity index (χ0v) is 15.3. The quantitative estimate of drug-likeness (QED) is 0.737. The van der Waals surface area contributed by atoms with Crippen molar-refractivity contribution in [1.29, 1.82) is 0 Å². The van der Waals surface area contributed by atoms with E-state index in [4.69, 9.17) is 0 Å². The van der Waals surface area contributed by atoms with Crippen LogP contribution in [0.4, 0.5) is 0 Å². The van der Waals surface area contributed by atoms with Crippen LogP contribution in [0.25, 0.3) is 5.57 Å². The maximum Gasteiger partial charge on any atom is 0.328 e. The molecule has 2 nitrogen and oxygen atoms in total. The van der Waals surface area contributed by atoms with Crippen molar-refractivity contribution in [3.8, 4) is 0 Å². The van der Waals surface area contributed by atoms with E-state index in [0.717, 1.165) is 21.6 Å². The van der Waals surface area contributed by atoms with Gasteiger partial charge in [0.05, 0.1) is 4.75 Å². The first-order valence-electron chi connectivity index (χ1n) is 8.06. The van der Waals surface area contributed by atoms with E-state index in [2.05, 4.69) is 58.0 Å². The van der Waals surface area contributed by atoms with E-state index in [9.17, 15) is 9.90 Å². The Hall–Kier alpha value is -2.00. The lowest BCUT2D eigenvalue weighted by Gasteiger charge is -2.26. The smallest absolute Gasteiger partial charge is 0.328 e.